The molecule has 0 aromatic carbocycles. The quantitative estimate of drug-likeness (QED) is 0.556. The lowest BCUT2D eigenvalue weighted by Crippen LogP contribution is -2.47. The van der Waals surface area contributed by atoms with E-state index in [-0.39, 0.29) is 0 Å². The molecule has 1 saturated heterocycles. The van der Waals surface area contributed by atoms with Gasteiger partial charge in [0.15, 0.2) is 5.96 Å². The van der Waals surface area contributed by atoms with Gasteiger partial charge in [-0.25, -0.2) is 0 Å². The fourth-order valence-corrected chi connectivity index (χ4v) is 3.90. The lowest BCUT2D eigenvalue weighted by Gasteiger charge is -2.30. The van der Waals surface area contributed by atoms with E-state index < -0.39 is 0 Å². The molecule has 0 aromatic heterocycles. The number of nitrogens with one attached hydrogen (secondary N) is 2. The molecule has 0 radical (unpaired) electrons. The lowest BCUT2D eigenvalue weighted by molar-refractivity contribution is 0.138. The molecule has 2 aliphatic rings. The highest BCUT2D eigenvalue weighted by atomic mass is 16.5. The minimum atomic E-state index is 0.401. The Kier molecular flexibility index (Phi) is 6.96. The maximum Gasteiger partial charge on any atom is 0.191 e. The van der Waals surface area contributed by atoms with Crippen LogP contribution in [0.2, 0.25) is 0 Å². The van der Waals surface area contributed by atoms with E-state index in [1.165, 1.54) is 45.1 Å². The van der Waals surface area contributed by atoms with Crippen molar-refractivity contribution in [2.45, 2.75) is 51.0 Å². The molecule has 1 aliphatic heterocycles. The molecular formula is C17H34N4O. The highest BCUT2D eigenvalue weighted by Gasteiger charge is 2.33. The summed E-state index contributed by atoms with van der Waals surface area (Å²) in [6.45, 7) is 4.08. The average molecular weight is 310 g/mol. The Morgan fingerprint density at radius 2 is 2.05 bits per heavy atom. The van der Waals surface area contributed by atoms with E-state index in [4.69, 9.17) is 4.74 Å². The standard InChI is InChI=1S/C17H34N4O/c1-18-16(19-13-15-7-6-11-21(15)2)20-14-17(10-12-22-3)8-4-5-9-17/h15H,4-14H2,1-3H3,(H2,18,19,20). The van der Waals surface area contributed by atoms with Gasteiger partial charge < -0.3 is 20.3 Å². The summed E-state index contributed by atoms with van der Waals surface area (Å²) < 4.78 is 5.31. The number of hydrogen-bond acceptors (Lipinski definition) is 3. The molecule has 5 heteroatoms. The van der Waals surface area contributed by atoms with Crippen LogP contribution in [0.4, 0.5) is 0 Å². The van der Waals surface area contributed by atoms with Crippen molar-refractivity contribution in [3.63, 3.8) is 0 Å². The number of likely N-dealkylation sites (tertiary alicyclic amines) is 1. The van der Waals surface area contributed by atoms with E-state index in [0.29, 0.717) is 11.5 Å². The summed E-state index contributed by atoms with van der Waals surface area (Å²) in [6.07, 6.45) is 9.08. The van der Waals surface area contributed by atoms with Gasteiger partial charge in [-0.05, 0) is 51.1 Å². The summed E-state index contributed by atoms with van der Waals surface area (Å²) in [6, 6.07) is 0.646. The molecule has 0 amide bonds. The summed E-state index contributed by atoms with van der Waals surface area (Å²) in [5, 5.41) is 7.07. The van der Waals surface area contributed by atoms with Crippen LogP contribution in [0.15, 0.2) is 4.99 Å². The monoisotopic (exact) mass is 310 g/mol. The van der Waals surface area contributed by atoms with E-state index in [1.807, 2.05) is 7.05 Å². The van der Waals surface area contributed by atoms with Crippen molar-refractivity contribution in [2.75, 3.05) is 47.4 Å². The Hall–Kier alpha value is -0.810. The highest BCUT2D eigenvalue weighted by molar-refractivity contribution is 5.79. The molecule has 128 valence electrons. The predicted molar refractivity (Wildman–Crippen MR) is 92.4 cm³/mol. The molecule has 1 aliphatic carbocycles. The number of guanidine groups is 1. The van der Waals surface area contributed by atoms with E-state index in [0.717, 1.165) is 32.1 Å². The molecule has 1 saturated carbocycles. The molecule has 22 heavy (non-hydrogen) atoms. The van der Waals surface area contributed by atoms with Gasteiger partial charge in [-0.3, -0.25) is 4.99 Å². The van der Waals surface area contributed by atoms with Crippen LogP contribution in [0.5, 0.6) is 0 Å². The Labute approximate surface area is 135 Å². The summed E-state index contributed by atoms with van der Waals surface area (Å²) in [7, 11) is 5.88. The molecule has 5 nitrogen and oxygen atoms in total. The second kappa shape index (κ2) is 8.73. The normalized spacial score (nSPS) is 25.6. The number of methoxy groups -OCH3 is 1. The highest BCUT2D eigenvalue weighted by Crippen LogP contribution is 2.40. The summed E-state index contributed by atoms with van der Waals surface area (Å²) >= 11 is 0. The van der Waals surface area contributed by atoms with Gasteiger partial charge in [0.25, 0.3) is 0 Å². The lowest BCUT2D eigenvalue weighted by atomic mass is 9.83. The van der Waals surface area contributed by atoms with Gasteiger partial charge in [-0.15, -0.1) is 0 Å². The van der Waals surface area contributed by atoms with Crippen molar-refractivity contribution in [1.82, 2.24) is 15.5 Å². The minimum Gasteiger partial charge on any atom is -0.385 e. The number of hydrogen-bond donors (Lipinski definition) is 2. The Balaban J connectivity index is 1.77. The van der Waals surface area contributed by atoms with Crippen LogP contribution in [0.1, 0.15) is 44.9 Å². The molecule has 2 N–H and O–H groups in total. The fraction of sp³-hybridized carbons (Fsp3) is 0.941. The van der Waals surface area contributed by atoms with Crippen LogP contribution in [-0.2, 0) is 4.74 Å². The van der Waals surface area contributed by atoms with E-state index in [1.54, 1.807) is 7.11 Å². The maximum atomic E-state index is 5.31. The van der Waals surface area contributed by atoms with Crippen LogP contribution in [0.3, 0.4) is 0 Å². The number of nitrogens with zero attached hydrogens (tertiary/aromatic N) is 2. The van der Waals surface area contributed by atoms with Gasteiger partial charge in [-0.1, -0.05) is 12.8 Å². The van der Waals surface area contributed by atoms with E-state index in [2.05, 4.69) is 27.6 Å². The smallest absolute Gasteiger partial charge is 0.191 e. The first-order valence-corrected chi connectivity index (χ1v) is 8.83. The first-order valence-electron chi connectivity index (χ1n) is 8.83. The number of likely N-dealkylation sites (N-methyl/N-ethyl adjacent to an activating group) is 1. The number of aliphatic imine (C=N–C) groups is 1. The molecule has 2 fully saturated rings. The van der Waals surface area contributed by atoms with Crippen molar-refractivity contribution in [2.24, 2.45) is 10.4 Å². The zero-order valence-electron chi connectivity index (χ0n) is 14.7. The zero-order valence-corrected chi connectivity index (χ0v) is 14.7. The van der Waals surface area contributed by atoms with Crippen molar-refractivity contribution >= 4 is 5.96 Å². The largest absolute Gasteiger partial charge is 0.385 e. The topological polar surface area (TPSA) is 48.9 Å². The van der Waals surface area contributed by atoms with Crippen LogP contribution in [0.25, 0.3) is 0 Å². The van der Waals surface area contributed by atoms with Crippen molar-refractivity contribution in [3.05, 3.63) is 0 Å². The van der Waals surface area contributed by atoms with E-state index in [9.17, 15) is 0 Å². The molecule has 0 aromatic rings. The first kappa shape index (κ1) is 17.5. The van der Waals surface area contributed by atoms with Gasteiger partial charge in [0.1, 0.15) is 0 Å². The van der Waals surface area contributed by atoms with E-state index >= 15 is 0 Å². The molecule has 1 atom stereocenters. The second-order valence-electron chi connectivity index (χ2n) is 7.03. The second-order valence-corrected chi connectivity index (χ2v) is 7.03. The van der Waals surface area contributed by atoms with Crippen LogP contribution in [-0.4, -0.2) is 64.3 Å². The molecule has 2 rings (SSSR count). The first-order chi connectivity index (χ1) is 10.7. The predicted octanol–water partition coefficient (Wildman–Crippen LogP) is 1.84. The Morgan fingerprint density at radius 1 is 1.27 bits per heavy atom. The molecule has 0 bridgehead atoms. The third-order valence-corrected chi connectivity index (χ3v) is 5.53. The minimum absolute atomic E-state index is 0.401. The molecule has 1 unspecified atom stereocenters. The van der Waals surface area contributed by atoms with Crippen LogP contribution < -0.4 is 10.6 Å². The van der Waals surface area contributed by atoms with Gasteiger partial charge in [-0.2, -0.15) is 0 Å². The van der Waals surface area contributed by atoms with Crippen molar-refractivity contribution < 1.29 is 4.74 Å². The van der Waals surface area contributed by atoms with Gasteiger partial charge in [0.05, 0.1) is 0 Å². The number of ether oxygens (including phenoxy) is 1. The Bertz CT molecular complexity index is 353. The van der Waals surface area contributed by atoms with Gasteiger partial charge in [0.2, 0.25) is 0 Å². The summed E-state index contributed by atoms with van der Waals surface area (Å²) in [5.41, 5.74) is 0.401. The third kappa shape index (κ3) is 4.85. The van der Waals surface area contributed by atoms with Crippen molar-refractivity contribution in [3.8, 4) is 0 Å². The van der Waals surface area contributed by atoms with Crippen LogP contribution >= 0.6 is 0 Å². The molecule has 1 heterocycles. The summed E-state index contributed by atoms with van der Waals surface area (Å²) in [5.74, 6) is 0.948. The number of rotatable bonds is 7. The third-order valence-electron chi connectivity index (χ3n) is 5.53. The Morgan fingerprint density at radius 3 is 2.64 bits per heavy atom. The zero-order chi connectivity index (χ0) is 15.8. The van der Waals surface area contributed by atoms with Gasteiger partial charge >= 0.3 is 0 Å². The molecule has 0 spiro atoms. The molecular weight excluding hydrogens is 276 g/mol. The van der Waals surface area contributed by atoms with Crippen molar-refractivity contribution in [1.29, 1.82) is 0 Å². The van der Waals surface area contributed by atoms with Gasteiger partial charge in [0, 0.05) is 39.9 Å². The fourth-order valence-electron chi connectivity index (χ4n) is 3.90. The SMILES string of the molecule is CN=C(NCC1CCCN1C)NCC1(CCOC)CCCC1. The average Bonchev–Trinajstić information content (AvgIpc) is 3.15. The van der Waals surface area contributed by atoms with Crippen LogP contribution in [0, 0.1) is 5.41 Å². The summed E-state index contributed by atoms with van der Waals surface area (Å²) in [4.78, 5) is 6.83. The maximum absolute atomic E-state index is 5.31.